The van der Waals surface area contributed by atoms with Gasteiger partial charge in [-0.2, -0.15) is 0 Å². The lowest BCUT2D eigenvalue weighted by Crippen LogP contribution is -2.45. The fourth-order valence-electron chi connectivity index (χ4n) is 8.81. The molecule has 1 amide bonds. The Kier molecular flexibility index (Phi) is 52.6. The zero-order valence-electron chi connectivity index (χ0n) is 43.0. The van der Waals surface area contributed by atoms with Crippen LogP contribution in [-0.4, -0.2) is 47.4 Å². The predicted molar refractivity (Wildman–Crippen MR) is 278 cm³/mol. The summed E-state index contributed by atoms with van der Waals surface area (Å²) >= 11 is 0. The molecule has 0 fully saturated rings. The summed E-state index contributed by atoms with van der Waals surface area (Å²) < 4.78 is 5.47. The van der Waals surface area contributed by atoms with E-state index in [2.05, 4.69) is 31.3 Å². The van der Waals surface area contributed by atoms with Crippen LogP contribution in [-0.2, 0) is 14.3 Å². The highest BCUT2D eigenvalue weighted by atomic mass is 16.5. The normalized spacial score (nSPS) is 12.8. The number of hydrogen-bond donors (Lipinski definition) is 3. The summed E-state index contributed by atoms with van der Waals surface area (Å²) in [6.45, 7) is 4.90. The van der Waals surface area contributed by atoms with Crippen LogP contribution in [0.15, 0.2) is 24.3 Å². The summed E-state index contributed by atoms with van der Waals surface area (Å²) in [6.07, 6.45) is 64.8. The van der Waals surface area contributed by atoms with Gasteiger partial charge in [0.15, 0.2) is 0 Å². The minimum absolute atomic E-state index is 0.000386. The summed E-state index contributed by atoms with van der Waals surface area (Å²) in [7, 11) is 0. The summed E-state index contributed by atoms with van der Waals surface area (Å²) in [4.78, 5) is 24.5. The van der Waals surface area contributed by atoms with Crippen molar-refractivity contribution >= 4 is 11.9 Å². The third-order valence-electron chi connectivity index (χ3n) is 13.2. The molecule has 6 nitrogen and oxygen atoms in total. The van der Waals surface area contributed by atoms with E-state index in [1.54, 1.807) is 6.08 Å². The number of ether oxygens (including phenoxy) is 1. The minimum atomic E-state index is -0.852. The van der Waals surface area contributed by atoms with Crippen LogP contribution in [0.2, 0.25) is 0 Å². The first-order valence-corrected chi connectivity index (χ1v) is 28.6. The van der Waals surface area contributed by atoms with Gasteiger partial charge in [0.05, 0.1) is 25.4 Å². The molecule has 0 spiro atoms. The molecule has 0 aliphatic rings. The maximum absolute atomic E-state index is 12.4. The third kappa shape index (κ3) is 49.8. The molecule has 0 saturated heterocycles. The van der Waals surface area contributed by atoms with Crippen LogP contribution < -0.4 is 5.32 Å². The number of aliphatic hydroxyl groups excluding tert-OH is 2. The number of aliphatic hydroxyl groups is 2. The van der Waals surface area contributed by atoms with Gasteiger partial charge in [-0.15, -0.1) is 0 Å². The van der Waals surface area contributed by atoms with Gasteiger partial charge in [-0.3, -0.25) is 9.59 Å². The number of unbranched alkanes of at least 4 members (excludes halogenated alkanes) is 40. The lowest BCUT2D eigenvalue weighted by Gasteiger charge is -2.20. The highest BCUT2D eigenvalue weighted by molar-refractivity contribution is 5.76. The maximum Gasteiger partial charge on any atom is 0.305 e. The van der Waals surface area contributed by atoms with E-state index in [1.807, 2.05) is 6.08 Å². The molecule has 0 aromatic heterocycles. The fourth-order valence-corrected chi connectivity index (χ4v) is 8.81. The second-order valence-corrected chi connectivity index (χ2v) is 19.6. The van der Waals surface area contributed by atoms with Gasteiger partial charge in [-0.05, 0) is 57.8 Å². The van der Waals surface area contributed by atoms with Crippen molar-refractivity contribution in [3.05, 3.63) is 24.3 Å². The molecular formula is C58H111NO5. The van der Waals surface area contributed by atoms with Crippen LogP contribution in [0.1, 0.15) is 309 Å². The molecule has 6 heteroatoms. The van der Waals surface area contributed by atoms with Crippen molar-refractivity contribution in [2.45, 2.75) is 321 Å². The van der Waals surface area contributed by atoms with Crippen molar-refractivity contribution in [3.63, 3.8) is 0 Å². The van der Waals surface area contributed by atoms with Crippen molar-refractivity contribution < 1.29 is 24.5 Å². The van der Waals surface area contributed by atoms with Gasteiger partial charge >= 0.3 is 5.97 Å². The van der Waals surface area contributed by atoms with E-state index in [-0.39, 0.29) is 18.5 Å². The van der Waals surface area contributed by atoms with Crippen LogP contribution in [0, 0.1) is 0 Å². The topological polar surface area (TPSA) is 95.9 Å². The second kappa shape index (κ2) is 54.0. The maximum atomic E-state index is 12.4. The van der Waals surface area contributed by atoms with E-state index in [9.17, 15) is 19.8 Å². The molecule has 0 aliphatic carbocycles. The van der Waals surface area contributed by atoms with E-state index < -0.39 is 12.1 Å². The van der Waals surface area contributed by atoms with Gasteiger partial charge in [-0.1, -0.05) is 263 Å². The average Bonchev–Trinajstić information content (AvgIpc) is 3.29. The molecule has 2 atom stereocenters. The minimum Gasteiger partial charge on any atom is -0.466 e. The Morgan fingerprint density at radius 3 is 1.11 bits per heavy atom. The largest absolute Gasteiger partial charge is 0.466 e. The van der Waals surface area contributed by atoms with Crippen molar-refractivity contribution in [3.8, 4) is 0 Å². The Balaban J connectivity index is 3.48. The Labute approximate surface area is 399 Å². The van der Waals surface area contributed by atoms with Crippen molar-refractivity contribution in [1.29, 1.82) is 0 Å². The van der Waals surface area contributed by atoms with Crippen LogP contribution in [0.5, 0.6) is 0 Å². The SMILES string of the molecule is CCCCCCCCCCCCCCCC/C=C/C(O)C(CO)NC(=O)CCCCCCCCC/C=C\CCCCCCCCOC(=O)CCCCCCCCCCCCCCCC. The number of rotatable bonds is 53. The molecular weight excluding hydrogens is 791 g/mol. The number of nitrogens with one attached hydrogen (secondary N) is 1. The Hall–Kier alpha value is -1.66. The van der Waals surface area contributed by atoms with E-state index in [1.165, 1.54) is 225 Å². The van der Waals surface area contributed by atoms with E-state index >= 15 is 0 Å². The first-order chi connectivity index (χ1) is 31.5. The number of amides is 1. The summed E-state index contributed by atoms with van der Waals surface area (Å²) in [5.74, 6) is -0.0790. The average molecular weight is 903 g/mol. The first kappa shape index (κ1) is 62.3. The fraction of sp³-hybridized carbons (Fsp3) is 0.897. The third-order valence-corrected chi connectivity index (χ3v) is 13.2. The monoisotopic (exact) mass is 902 g/mol. The number of carbonyl (C=O) groups excluding carboxylic acids is 2. The number of hydrogen-bond acceptors (Lipinski definition) is 5. The molecule has 3 N–H and O–H groups in total. The Morgan fingerprint density at radius 2 is 0.734 bits per heavy atom. The van der Waals surface area contributed by atoms with Crippen LogP contribution in [0.4, 0.5) is 0 Å². The summed E-state index contributed by atoms with van der Waals surface area (Å²) in [5, 5.41) is 23.1. The highest BCUT2D eigenvalue weighted by Crippen LogP contribution is 2.16. The quantitative estimate of drug-likeness (QED) is 0.0321. The van der Waals surface area contributed by atoms with E-state index in [0.717, 1.165) is 57.8 Å². The van der Waals surface area contributed by atoms with Gasteiger partial charge in [0.2, 0.25) is 5.91 Å². The molecule has 64 heavy (non-hydrogen) atoms. The Bertz CT molecular complexity index is 997. The van der Waals surface area contributed by atoms with Gasteiger partial charge in [0.25, 0.3) is 0 Å². The lowest BCUT2D eigenvalue weighted by atomic mass is 10.0. The number of allylic oxidation sites excluding steroid dienone is 3. The molecule has 2 unspecified atom stereocenters. The summed E-state index contributed by atoms with van der Waals surface area (Å²) in [5.41, 5.74) is 0. The van der Waals surface area contributed by atoms with Crippen LogP contribution in [0.25, 0.3) is 0 Å². The zero-order valence-corrected chi connectivity index (χ0v) is 43.0. The van der Waals surface area contributed by atoms with Crippen molar-refractivity contribution in [1.82, 2.24) is 5.32 Å². The molecule has 0 aromatic carbocycles. The van der Waals surface area contributed by atoms with E-state index in [4.69, 9.17) is 4.74 Å². The van der Waals surface area contributed by atoms with Gasteiger partial charge < -0.3 is 20.3 Å². The molecule has 0 bridgehead atoms. The highest BCUT2D eigenvalue weighted by Gasteiger charge is 2.18. The summed E-state index contributed by atoms with van der Waals surface area (Å²) in [6, 6.07) is -0.636. The second-order valence-electron chi connectivity index (χ2n) is 19.6. The van der Waals surface area contributed by atoms with Crippen molar-refractivity contribution in [2.75, 3.05) is 13.2 Å². The van der Waals surface area contributed by atoms with Gasteiger partial charge in [-0.25, -0.2) is 0 Å². The molecule has 0 aromatic rings. The molecule has 0 rings (SSSR count). The number of carbonyl (C=O) groups is 2. The smallest absolute Gasteiger partial charge is 0.305 e. The van der Waals surface area contributed by atoms with Gasteiger partial charge in [0, 0.05) is 12.8 Å². The zero-order chi connectivity index (χ0) is 46.5. The van der Waals surface area contributed by atoms with Crippen LogP contribution >= 0.6 is 0 Å². The van der Waals surface area contributed by atoms with Crippen LogP contribution in [0.3, 0.4) is 0 Å². The number of esters is 1. The molecule has 378 valence electrons. The van der Waals surface area contributed by atoms with Crippen molar-refractivity contribution in [2.24, 2.45) is 0 Å². The molecule has 0 saturated carbocycles. The Morgan fingerprint density at radius 1 is 0.422 bits per heavy atom. The predicted octanol–water partition coefficient (Wildman–Crippen LogP) is 17.5. The molecule has 0 aliphatic heterocycles. The molecule has 0 radical (unpaired) electrons. The van der Waals surface area contributed by atoms with Gasteiger partial charge in [0.1, 0.15) is 0 Å². The standard InChI is InChI=1S/C58H111NO5/c1-3-5-7-9-11-13-15-17-19-23-26-30-34-38-42-46-50-56(61)55(54-60)59-57(62)51-47-43-39-35-31-27-24-21-20-22-25-29-33-37-41-45-49-53-64-58(63)52-48-44-40-36-32-28-18-16-14-12-10-8-6-4-2/h20,22,46,50,55-56,60-61H,3-19,21,23-45,47-49,51-54H2,1-2H3,(H,59,62)/b22-20-,50-46+. The van der Waals surface area contributed by atoms with E-state index in [0.29, 0.717) is 19.4 Å². The first-order valence-electron chi connectivity index (χ1n) is 28.6. The lowest BCUT2D eigenvalue weighted by molar-refractivity contribution is -0.143. The molecule has 0 heterocycles.